The Morgan fingerprint density at radius 3 is 2.29 bits per heavy atom. The molecule has 8 heteroatoms. The molecule has 0 atom stereocenters. The van der Waals surface area contributed by atoms with Gasteiger partial charge in [0.15, 0.2) is 0 Å². The first-order chi connectivity index (χ1) is 16.3. The van der Waals surface area contributed by atoms with E-state index in [1.54, 1.807) is 36.4 Å². The van der Waals surface area contributed by atoms with Gasteiger partial charge in [-0.1, -0.05) is 41.4 Å². The zero-order valence-electron chi connectivity index (χ0n) is 18.8. The minimum Gasteiger partial charge on any atom is -0.495 e. The van der Waals surface area contributed by atoms with Crippen LogP contribution >= 0.6 is 11.6 Å². The number of imide groups is 1. The molecule has 7 nitrogen and oxygen atoms in total. The van der Waals surface area contributed by atoms with E-state index in [1.807, 2.05) is 44.2 Å². The number of carbonyl (C=O) groups excluding carboxylic acids is 3. The number of anilines is 3. The molecule has 1 aliphatic heterocycles. The number of nitrogens with zero attached hydrogens (tertiary/aromatic N) is 1. The summed E-state index contributed by atoms with van der Waals surface area (Å²) in [5.74, 6) is -1.22. The summed E-state index contributed by atoms with van der Waals surface area (Å²) in [5, 5.41) is 5.49. The third kappa shape index (κ3) is 4.51. The van der Waals surface area contributed by atoms with Gasteiger partial charge < -0.3 is 15.4 Å². The molecule has 4 rings (SSSR count). The molecule has 3 aromatic rings. The van der Waals surface area contributed by atoms with Gasteiger partial charge in [0, 0.05) is 16.9 Å². The molecule has 0 bridgehead atoms. The highest BCUT2D eigenvalue weighted by atomic mass is 35.5. The number of halogens is 1. The van der Waals surface area contributed by atoms with Crippen LogP contribution < -0.4 is 20.3 Å². The summed E-state index contributed by atoms with van der Waals surface area (Å²) in [6.07, 6.45) is 0. The van der Waals surface area contributed by atoms with Gasteiger partial charge >= 0.3 is 0 Å². The molecule has 34 heavy (non-hydrogen) atoms. The predicted molar refractivity (Wildman–Crippen MR) is 132 cm³/mol. The average Bonchev–Trinajstić information content (AvgIpc) is 3.03. The summed E-state index contributed by atoms with van der Waals surface area (Å²) >= 11 is 6.26. The van der Waals surface area contributed by atoms with E-state index in [4.69, 9.17) is 16.3 Å². The number of hydrogen-bond donors (Lipinski definition) is 2. The molecule has 1 heterocycles. The van der Waals surface area contributed by atoms with E-state index >= 15 is 0 Å². The Morgan fingerprint density at radius 2 is 1.59 bits per heavy atom. The van der Waals surface area contributed by atoms with Crippen LogP contribution in [0.15, 0.2) is 77.5 Å². The molecule has 0 saturated heterocycles. The standard InChI is InChI=1S/C26H22ClN3O4/c1-15-7-10-18(11-8-15)29-24(31)17-5-4-6-19(14-17)28-23-22(27)25(32)30(26(23)33)20-13-16(2)9-12-21(20)34-3/h4-14,28H,1-3H3,(H,29,31). The smallest absolute Gasteiger partial charge is 0.283 e. The molecule has 0 saturated carbocycles. The lowest BCUT2D eigenvalue weighted by Gasteiger charge is -2.18. The Labute approximate surface area is 202 Å². The van der Waals surface area contributed by atoms with Crippen molar-refractivity contribution in [3.05, 3.63) is 94.1 Å². The number of ether oxygens (including phenoxy) is 1. The Kier molecular flexibility index (Phi) is 6.38. The number of benzene rings is 3. The maximum atomic E-state index is 13.2. The second-order valence-corrected chi connectivity index (χ2v) is 8.21. The molecule has 0 unspecified atom stereocenters. The van der Waals surface area contributed by atoms with Crippen molar-refractivity contribution in [2.24, 2.45) is 0 Å². The number of aryl methyl sites for hydroxylation is 2. The van der Waals surface area contributed by atoms with E-state index in [0.717, 1.165) is 16.0 Å². The topological polar surface area (TPSA) is 87.7 Å². The number of carbonyl (C=O) groups is 3. The summed E-state index contributed by atoms with van der Waals surface area (Å²) in [7, 11) is 1.46. The fourth-order valence-corrected chi connectivity index (χ4v) is 3.74. The van der Waals surface area contributed by atoms with Crippen molar-refractivity contribution in [2.75, 3.05) is 22.6 Å². The van der Waals surface area contributed by atoms with Crippen LogP contribution in [-0.4, -0.2) is 24.8 Å². The van der Waals surface area contributed by atoms with Gasteiger partial charge in [0.05, 0.1) is 12.8 Å². The van der Waals surface area contributed by atoms with Gasteiger partial charge in [-0.2, -0.15) is 0 Å². The Hall–Kier alpha value is -4.10. The van der Waals surface area contributed by atoms with Crippen molar-refractivity contribution in [1.82, 2.24) is 0 Å². The minimum absolute atomic E-state index is 0.0775. The van der Waals surface area contributed by atoms with Gasteiger partial charge in [0.1, 0.15) is 16.5 Å². The van der Waals surface area contributed by atoms with Crippen LogP contribution in [0.25, 0.3) is 0 Å². The summed E-state index contributed by atoms with van der Waals surface area (Å²) in [5.41, 5.74) is 3.63. The van der Waals surface area contributed by atoms with Crippen molar-refractivity contribution < 1.29 is 19.1 Å². The summed E-state index contributed by atoms with van der Waals surface area (Å²) in [6, 6.07) is 19.2. The van der Waals surface area contributed by atoms with Crippen LogP contribution in [0, 0.1) is 13.8 Å². The van der Waals surface area contributed by atoms with E-state index < -0.39 is 11.8 Å². The minimum atomic E-state index is -0.661. The zero-order valence-corrected chi connectivity index (χ0v) is 19.6. The van der Waals surface area contributed by atoms with Crippen LogP contribution in [0.3, 0.4) is 0 Å². The molecular weight excluding hydrogens is 454 g/mol. The lowest BCUT2D eigenvalue weighted by atomic mass is 10.1. The SMILES string of the molecule is COc1ccc(C)cc1N1C(=O)C(Cl)=C(Nc2cccc(C(=O)Nc3ccc(C)cc3)c2)C1=O. The lowest BCUT2D eigenvalue weighted by molar-refractivity contribution is -0.120. The summed E-state index contributed by atoms with van der Waals surface area (Å²) < 4.78 is 5.32. The van der Waals surface area contributed by atoms with Gasteiger partial charge in [-0.15, -0.1) is 0 Å². The highest BCUT2D eigenvalue weighted by Crippen LogP contribution is 2.36. The van der Waals surface area contributed by atoms with Crippen LogP contribution in [0.4, 0.5) is 17.1 Å². The fraction of sp³-hybridized carbons (Fsp3) is 0.115. The van der Waals surface area contributed by atoms with Gasteiger partial charge in [-0.25, -0.2) is 4.90 Å². The van der Waals surface area contributed by atoms with Gasteiger partial charge in [-0.05, 0) is 61.9 Å². The third-order valence-electron chi connectivity index (χ3n) is 5.31. The normalized spacial score (nSPS) is 13.4. The van der Waals surface area contributed by atoms with Crippen LogP contribution in [0.2, 0.25) is 0 Å². The van der Waals surface area contributed by atoms with E-state index in [0.29, 0.717) is 28.4 Å². The molecule has 0 fully saturated rings. The van der Waals surface area contributed by atoms with Crippen molar-refractivity contribution in [1.29, 1.82) is 0 Å². The van der Waals surface area contributed by atoms with Crippen molar-refractivity contribution in [2.45, 2.75) is 13.8 Å². The second kappa shape index (κ2) is 9.41. The predicted octanol–water partition coefficient (Wildman–Crippen LogP) is 5.00. The molecule has 0 radical (unpaired) electrons. The molecule has 172 valence electrons. The van der Waals surface area contributed by atoms with E-state index in [1.165, 1.54) is 7.11 Å². The quantitative estimate of drug-likeness (QED) is 0.490. The Bertz CT molecular complexity index is 1330. The first kappa shape index (κ1) is 23.1. The van der Waals surface area contributed by atoms with E-state index in [2.05, 4.69) is 10.6 Å². The molecule has 3 aromatic carbocycles. The van der Waals surface area contributed by atoms with Crippen LogP contribution in [0.5, 0.6) is 5.75 Å². The number of rotatable bonds is 6. The molecule has 0 aromatic heterocycles. The van der Waals surface area contributed by atoms with Crippen LogP contribution in [0.1, 0.15) is 21.5 Å². The van der Waals surface area contributed by atoms with Crippen molar-refractivity contribution in [3.8, 4) is 5.75 Å². The number of hydrogen-bond acceptors (Lipinski definition) is 5. The number of methoxy groups -OCH3 is 1. The maximum Gasteiger partial charge on any atom is 0.283 e. The van der Waals surface area contributed by atoms with Gasteiger partial charge in [0.2, 0.25) is 0 Å². The lowest BCUT2D eigenvalue weighted by Crippen LogP contribution is -2.32. The van der Waals surface area contributed by atoms with E-state index in [9.17, 15) is 14.4 Å². The molecule has 3 amide bonds. The second-order valence-electron chi connectivity index (χ2n) is 7.84. The van der Waals surface area contributed by atoms with Crippen molar-refractivity contribution in [3.63, 3.8) is 0 Å². The summed E-state index contributed by atoms with van der Waals surface area (Å²) in [6.45, 7) is 3.81. The number of amides is 3. The number of nitrogens with one attached hydrogen (secondary N) is 2. The zero-order chi connectivity index (χ0) is 24.4. The molecular formula is C26H22ClN3O4. The van der Waals surface area contributed by atoms with E-state index in [-0.39, 0.29) is 16.6 Å². The highest BCUT2D eigenvalue weighted by molar-refractivity contribution is 6.53. The molecule has 2 N–H and O–H groups in total. The van der Waals surface area contributed by atoms with Crippen LogP contribution in [-0.2, 0) is 9.59 Å². The van der Waals surface area contributed by atoms with Crippen molar-refractivity contribution >= 4 is 46.4 Å². The average molecular weight is 476 g/mol. The monoisotopic (exact) mass is 475 g/mol. The summed E-state index contributed by atoms with van der Waals surface area (Å²) in [4.78, 5) is 39.7. The molecule has 1 aliphatic rings. The Morgan fingerprint density at radius 1 is 0.882 bits per heavy atom. The highest BCUT2D eigenvalue weighted by Gasteiger charge is 2.40. The maximum absolute atomic E-state index is 13.2. The first-order valence-electron chi connectivity index (χ1n) is 10.5. The Balaban J connectivity index is 1.56. The third-order valence-corrected chi connectivity index (χ3v) is 5.66. The molecule has 0 aliphatic carbocycles. The van der Waals surface area contributed by atoms with Gasteiger partial charge in [0.25, 0.3) is 17.7 Å². The van der Waals surface area contributed by atoms with Gasteiger partial charge in [-0.3, -0.25) is 14.4 Å². The first-order valence-corrected chi connectivity index (χ1v) is 10.8. The largest absolute Gasteiger partial charge is 0.495 e. The molecule has 0 spiro atoms. The fourth-order valence-electron chi connectivity index (χ4n) is 3.53.